The average molecular weight is 722 g/mol. The van der Waals surface area contributed by atoms with Crippen molar-refractivity contribution < 1.29 is 23.8 Å². The number of primary amides is 1. The zero-order valence-corrected chi connectivity index (χ0v) is 30.1. The van der Waals surface area contributed by atoms with Crippen molar-refractivity contribution in [2.75, 3.05) is 54.1 Å². The molecule has 3 aliphatic rings. The molecular weight excluding hydrogens is 682 g/mol. The molecule has 3 aromatic carbocycles. The predicted molar refractivity (Wildman–Crippen MR) is 198 cm³/mol. The van der Waals surface area contributed by atoms with Gasteiger partial charge in [-0.05, 0) is 17.7 Å². The van der Waals surface area contributed by atoms with E-state index in [9.17, 15) is 9.59 Å². The molecule has 268 valence electrons. The summed E-state index contributed by atoms with van der Waals surface area (Å²) in [5, 5.41) is 9.27. The summed E-state index contributed by atoms with van der Waals surface area (Å²) in [4.78, 5) is 32.7. The van der Waals surface area contributed by atoms with Crippen LogP contribution < -0.4 is 25.3 Å². The van der Waals surface area contributed by atoms with Crippen molar-refractivity contribution >= 4 is 34.3 Å². The number of aromatic nitrogens is 3. The van der Waals surface area contributed by atoms with Gasteiger partial charge in [0.1, 0.15) is 11.5 Å². The van der Waals surface area contributed by atoms with Gasteiger partial charge in [-0.15, -0.1) is 0 Å². The highest BCUT2D eigenvalue weighted by molar-refractivity contribution is 6.36. The highest BCUT2D eigenvalue weighted by atomic mass is 35.5. The van der Waals surface area contributed by atoms with Gasteiger partial charge in [-0.25, -0.2) is 9.67 Å². The number of amides is 2. The number of hydrogen-bond acceptors (Lipinski definition) is 9. The molecule has 2 aromatic heterocycles. The molecule has 0 bridgehead atoms. The first kappa shape index (κ1) is 33.9. The van der Waals surface area contributed by atoms with E-state index in [1.54, 1.807) is 21.3 Å². The number of hydrogen-bond donors (Lipinski definition) is 2. The van der Waals surface area contributed by atoms with Gasteiger partial charge in [-0.2, -0.15) is 5.10 Å². The minimum atomic E-state index is -0.274. The predicted octanol–water partition coefficient (Wildman–Crippen LogP) is 4.67. The summed E-state index contributed by atoms with van der Waals surface area (Å²) in [5.74, 6) is 1.62. The van der Waals surface area contributed by atoms with Crippen molar-refractivity contribution in [3.63, 3.8) is 0 Å². The zero-order chi connectivity index (χ0) is 36.1. The molecule has 12 nitrogen and oxygen atoms in total. The van der Waals surface area contributed by atoms with Crippen LogP contribution in [-0.4, -0.2) is 90.4 Å². The summed E-state index contributed by atoms with van der Waals surface area (Å²) in [7, 11) is 4.90. The third-order valence-electron chi connectivity index (χ3n) is 10.6. The van der Waals surface area contributed by atoms with Gasteiger partial charge in [-0.1, -0.05) is 48.0 Å². The number of methoxy groups -OCH3 is 3. The van der Waals surface area contributed by atoms with Gasteiger partial charge in [-0.3, -0.25) is 19.4 Å². The van der Waals surface area contributed by atoms with Crippen LogP contribution in [0.1, 0.15) is 17.5 Å². The van der Waals surface area contributed by atoms with Crippen molar-refractivity contribution in [1.82, 2.24) is 29.9 Å². The second-order valence-corrected chi connectivity index (χ2v) is 14.4. The number of rotatable bonds is 11. The molecule has 0 atom stereocenters. The van der Waals surface area contributed by atoms with Gasteiger partial charge >= 0.3 is 0 Å². The fourth-order valence-electron chi connectivity index (χ4n) is 7.93. The van der Waals surface area contributed by atoms with Crippen LogP contribution >= 0.6 is 11.6 Å². The molecule has 3 saturated heterocycles. The topological polar surface area (TPSA) is 137 Å². The summed E-state index contributed by atoms with van der Waals surface area (Å²) in [6, 6.07) is 19.9. The number of pyridine rings is 1. The van der Waals surface area contributed by atoms with Crippen LogP contribution in [0.2, 0.25) is 5.02 Å². The van der Waals surface area contributed by atoms with Crippen molar-refractivity contribution in [2.45, 2.75) is 19.5 Å². The maximum Gasteiger partial charge on any atom is 0.223 e. The molecule has 5 heterocycles. The molecule has 5 aromatic rings. The second-order valence-electron chi connectivity index (χ2n) is 14.0. The molecule has 0 radical (unpaired) electrons. The molecule has 8 rings (SSSR count). The van der Waals surface area contributed by atoms with Gasteiger partial charge in [0.25, 0.3) is 0 Å². The molecule has 3 fully saturated rings. The maximum absolute atomic E-state index is 11.8. The van der Waals surface area contributed by atoms with E-state index in [0.29, 0.717) is 60.7 Å². The van der Waals surface area contributed by atoms with Crippen molar-refractivity contribution in [3.8, 4) is 45.5 Å². The molecule has 13 heteroatoms. The third-order valence-corrected chi connectivity index (χ3v) is 11.0. The Morgan fingerprint density at radius 3 is 2.33 bits per heavy atom. The Morgan fingerprint density at radius 2 is 1.65 bits per heavy atom. The smallest absolute Gasteiger partial charge is 0.223 e. The van der Waals surface area contributed by atoms with E-state index in [4.69, 9.17) is 41.6 Å². The van der Waals surface area contributed by atoms with Crippen LogP contribution in [0.5, 0.6) is 17.4 Å². The number of carbonyl (C=O) groups excluding carboxylic acids is 2. The molecule has 1 spiro atoms. The standard InChI is InChI=1S/C39H40ClN7O5/c1-50-33-12-25(13-34(51-2)30(33)19-45-17-24(18-45)37(41)49)47-32-9-5-6-26(29(32)15-43-47)27-7-4-8-28(36(27)40)31-11-10-23(38(44-31)52-3)16-46-21-39(22-46)14-35(48)42-20-39/h4-13,15,24H,14,16-22H2,1-3H3,(H2,41,49)(H,42,48). The van der Waals surface area contributed by atoms with Crippen molar-refractivity contribution in [2.24, 2.45) is 17.1 Å². The fourth-order valence-corrected chi connectivity index (χ4v) is 8.25. The lowest BCUT2D eigenvalue weighted by Crippen LogP contribution is -2.56. The third kappa shape index (κ3) is 6.00. The number of nitrogens with one attached hydrogen (secondary N) is 1. The van der Waals surface area contributed by atoms with Crippen LogP contribution in [0, 0.1) is 11.3 Å². The van der Waals surface area contributed by atoms with E-state index < -0.39 is 0 Å². The van der Waals surface area contributed by atoms with Crippen LogP contribution in [0.3, 0.4) is 0 Å². The number of nitrogens with zero attached hydrogens (tertiary/aromatic N) is 5. The highest BCUT2D eigenvalue weighted by Crippen LogP contribution is 2.42. The Kier molecular flexibility index (Phi) is 8.76. The van der Waals surface area contributed by atoms with Crippen LogP contribution in [0.4, 0.5) is 0 Å². The first-order valence-corrected chi connectivity index (χ1v) is 17.6. The molecule has 0 aliphatic carbocycles. The van der Waals surface area contributed by atoms with Gasteiger partial charge in [0.15, 0.2) is 0 Å². The monoisotopic (exact) mass is 721 g/mol. The van der Waals surface area contributed by atoms with Gasteiger partial charge in [0, 0.05) is 91.9 Å². The summed E-state index contributed by atoms with van der Waals surface area (Å²) < 4.78 is 19.3. The quantitative estimate of drug-likeness (QED) is 0.199. The van der Waals surface area contributed by atoms with E-state index in [2.05, 4.69) is 15.1 Å². The first-order valence-electron chi connectivity index (χ1n) is 17.2. The van der Waals surface area contributed by atoms with Gasteiger partial charge in [0.05, 0.1) is 60.9 Å². The van der Waals surface area contributed by atoms with Crippen molar-refractivity contribution in [3.05, 3.63) is 83.0 Å². The van der Waals surface area contributed by atoms with Crippen LogP contribution in [-0.2, 0) is 22.7 Å². The Hall–Kier alpha value is -5.17. The molecular formula is C39H40ClN7O5. The summed E-state index contributed by atoms with van der Waals surface area (Å²) >= 11 is 7.20. The normalized spacial score (nSPS) is 17.2. The lowest BCUT2D eigenvalue weighted by Gasteiger charge is -2.47. The number of carbonyl (C=O) groups is 2. The molecule has 3 N–H and O–H groups in total. The second kappa shape index (κ2) is 13.4. The van der Waals surface area contributed by atoms with Crippen LogP contribution in [0.15, 0.2) is 66.9 Å². The average Bonchev–Trinajstić information content (AvgIpc) is 3.73. The largest absolute Gasteiger partial charge is 0.496 e. The summed E-state index contributed by atoms with van der Waals surface area (Å²) in [5.41, 5.74) is 12.4. The molecule has 0 unspecified atom stereocenters. The number of fused-ring (bicyclic) bond motifs is 1. The molecule has 3 aliphatic heterocycles. The first-order chi connectivity index (χ1) is 25.2. The zero-order valence-electron chi connectivity index (χ0n) is 29.3. The number of benzene rings is 3. The van der Waals surface area contributed by atoms with E-state index in [1.165, 1.54) is 0 Å². The Balaban J connectivity index is 1.07. The lowest BCUT2D eigenvalue weighted by molar-refractivity contribution is -0.127. The Labute approximate surface area is 306 Å². The maximum atomic E-state index is 11.8. The van der Waals surface area contributed by atoms with E-state index >= 15 is 0 Å². The molecule has 0 saturated carbocycles. The van der Waals surface area contributed by atoms with Gasteiger partial charge < -0.3 is 25.3 Å². The number of likely N-dealkylation sites (tertiary alicyclic amines) is 2. The number of ether oxygens (including phenoxy) is 3. The minimum Gasteiger partial charge on any atom is -0.496 e. The van der Waals surface area contributed by atoms with E-state index in [-0.39, 0.29) is 23.1 Å². The number of halogens is 1. The number of nitrogens with two attached hydrogens (primary N) is 1. The van der Waals surface area contributed by atoms with Gasteiger partial charge in [0.2, 0.25) is 17.7 Å². The highest BCUT2D eigenvalue weighted by Gasteiger charge is 2.48. The lowest BCUT2D eigenvalue weighted by atomic mass is 9.79. The summed E-state index contributed by atoms with van der Waals surface area (Å²) in [6.07, 6.45) is 2.44. The van der Waals surface area contributed by atoms with E-state index in [0.717, 1.165) is 64.0 Å². The SMILES string of the molecule is COc1cc(-n2ncc3c(-c4cccc(-c5ccc(CN6CC7(CNC(=O)C7)C6)c(OC)n5)c4Cl)cccc32)cc(OC)c1CN1CC(C(N)=O)C1. The summed E-state index contributed by atoms with van der Waals surface area (Å²) in [6.45, 7) is 4.97. The van der Waals surface area contributed by atoms with Crippen LogP contribution in [0.25, 0.3) is 39.0 Å². The Morgan fingerprint density at radius 1 is 0.942 bits per heavy atom. The fraction of sp³-hybridized carbons (Fsp3) is 0.333. The van der Waals surface area contributed by atoms with E-state index in [1.807, 2.05) is 71.5 Å². The molecule has 2 amide bonds. The molecule has 52 heavy (non-hydrogen) atoms. The Bertz CT molecular complexity index is 2180. The van der Waals surface area contributed by atoms with Crippen molar-refractivity contribution in [1.29, 1.82) is 0 Å². The minimum absolute atomic E-state index is 0.0583.